The van der Waals surface area contributed by atoms with E-state index in [1.807, 2.05) is 30.3 Å². The maximum absolute atomic E-state index is 12.8. The molecule has 0 atom stereocenters. The molecular weight excluding hydrogens is 360 g/mol. The maximum Gasteiger partial charge on any atom is 0.252 e. The van der Waals surface area contributed by atoms with Gasteiger partial charge in [0.25, 0.3) is 5.91 Å². The molecule has 0 aliphatic carbocycles. The van der Waals surface area contributed by atoms with E-state index in [-0.39, 0.29) is 11.7 Å². The van der Waals surface area contributed by atoms with Crippen LogP contribution in [-0.2, 0) is 6.54 Å². The van der Waals surface area contributed by atoms with E-state index in [1.165, 1.54) is 10.9 Å². The van der Waals surface area contributed by atoms with Crippen molar-refractivity contribution in [3.63, 3.8) is 0 Å². The first kappa shape index (κ1) is 18.7. The first-order chi connectivity index (χ1) is 14.2. The summed E-state index contributed by atoms with van der Waals surface area (Å²) in [5, 5.41) is 4.16. The summed E-state index contributed by atoms with van der Waals surface area (Å²) in [6.45, 7) is 1.36. The van der Waals surface area contributed by atoms with E-state index in [2.05, 4.69) is 34.3 Å². The molecule has 0 radical (unpaired) electrons. The number of benzene rings is 3. The van der Waals surface area contributed by atoms with Gasteiger partial charge in [-0.3, -0.25) is 9.59 Å². The quantitative estimate of drug-likeness (QED) is 0.372. The number of nitrogens with zero attached hydrogens (tertiary/aromatic N) is 1. The molecule has 0 aliphatic rings. The molecule has 0 aliphatic heterocycles. The maximum atomic E-state index is 12.8. The average molecular weight is 382 g/mol. The molecule has 4 nitrogen and oxygen atoms in total. The lowest BCUT2D eigenvalue weighted by molar-refractivity contribution is 0.0941. The SMILES string of the molecule is O=C(NCCCn1ccc2ccccc21)c1ccccc1C(=O)c1ccccc1. The van der Waals surface area contributed by atoms with Gasteiger partial charge in [0.05, 0.1) is 5.56 Å². The summed E-state index contributed by atoms with van der Waals surface area (Å²) in [7, 11) is 0. The summed E-state index contributed by atoms with van der Waals surface area (Å²) in [6, 6.07) is 26.3. The Bertz CT molecular complexity index is 1150. The zero-order valence-electron chi connectivity index (χ0n) is 16.0. The molecule has 1 aromatic heterocycles. The Morgan fingerprint density at radius 2 is 1.45 bits per heavy atom. The van der Waals surface area contributed by atoms with Gasteiger partial charge >= 0.3 is 0 Å². The van der Waals surface area contributed by atoms with Crippen molar-refractivity contribution in [3.05, 3.63) is 108 Å². The number of aryl methyl sites for hydroxylation is 1. The molecule has 1 amide bonds. The molecule has 0 saturated carbocycles. The van der Waals surface area contributed by atoms with Crippen LogP contribution in [0.15, 0.2) is 91.1 Å². The van der Waals surface area contributed by atoms with Crippen molar-refractivity contribution < 1.29 is 9.59 Å². The van der Waals surface area contributed by atoms with Crippen molar-refractivity contribution in [2.75, 3.05) is 6.54 Å². The van der Waals surface area contributed by atoms with Crippen LogP contribution in [0.25, 0.3) is 10.9 Å². The molecule has 29 heavy (non-hydrogen) atoms. The van der Waals surface area contributed by atoms with Gasteiger partial charge in [0.2, 0.25) is 0 Å². The first-order valence-corrected chi connectivity index (χ1v) is 9.75. The minimum absolute atomic E-state index is 0.143. The fraction of sp³-hybridized carbons (Fsp3) is 0.120. The van der Waals surface area contributed by atoms with E-state index >= 15 is 0 Å². The monoisotopic (exact) mass is 382 g/mol. The third-order valence-electron chi connectivity index (χ3n) is 4.99. The summed E-state index contributed by atoms with van der Waals surface area (Å²) in [4.78, 5) is 25.5. The molecule has 4 heteroatoms. The van der Waals surface area contributed by atoms with Gasteiger partial charge in [-0.15, -0.1) is 0 Å². The summed E-state index contributed by atoms with van der Waals surface area (Å²) in [5.41, 5.74) is 2.60. The fourth-order valence-corrected chi connectivity index (χ4v) is 3.51. The number of nitrogens with one attached hydrogen (secondary N) is 1. The zero-order valence-corrected chi connectivity index (χ0v) is 16.0. The van der Waals surface area contributed by atoms with Crippen molar-refractivity contribution in [3.8, 4) is 0 Å². The van der Waals surface area contributed by atoms with Crippen molar-refractivity contribution in [1.29, 1.82) is 0 Å². The van der Waals surface area contributed by atoms with Crippen LogP contribution in [0.3, 0.4) is 0 Å². The summed E-state index contributed by atoms with van der Waals surface area (Å²) in [6.07, 6.45) is 2.87. The van der Waals surface area contributed by atoms with Crippen molar-refractivity contribution in [2.45, 2.75) is 13.0 Å². The molecule has 1 heterocycles. The number of carbonyl (C=O) groups excluding carboxylic acids is 2. The van der Waals surface area contributed by atoms with Crippen LogP contribution in [0, 0.1) is 0 Å². The van der Waals surface area contributed by atoms with Crippen LogP contribution in [0.2, 0.25) is 0 Å². The van der Waals surface area contributed by atoms with Crippen LogP contribution in [0.1, 0.15) is 32.7 Å². The van der Waals surface area contributed by atoms with Gasteiger partial charge < -0.3 is 9.88 Å². The van der Waals surface area contributed by atoms with E-state index in [4.69, 9.17) is 0 Å². The summed E-state index contributed by atoms with van der Waals surface area (Å²) in [5.74, 6) is -0.364. The zero-order chi connectivity index (χ0) is 20.1. The van der Waals surface area contributed by atoms with Crippen LogP contribution >= 0.6 is 0 Å². The van der Waals surface area contributed by atoms with E-state index < -0.39 is 0 Å². The second-order valence-corrected chi connectivity index (χ2v) is 6.92. The highest BCUT2D eigenvalue weighted by Gasteiger charge is 2.17. The van der Waals surface area contributed by atoms with Crippen LogP contribution < -0.4 is 5.32 Å². The Hall–Kier alpha value is -3.66. The number of amides is 1. The van der Waals surface area contributed by atoms with Gasteiger partial charge in [0.15, 0.2) is 5.78 Å². The molecule has 0 spiro atoms. The van der Waals surface area contributed by atoms with E-state index in [1.54, 1.807) is 36.4 Å². The second kappa shape index (κ2) is 8.57. The van der Waals surface area contributed by atoms with Gasteiger partial charge in [0.1, 0.15) is 0 Å². The van der Waals surface area contributed by atoms with Crippen molar-refractivity contribution in [1.82, 2.24) is 9.88 Å². The Labute approximate surface area is 169 Å². The van der Waals surface area contributed by atoms with E-state index in [0.717, 1.165) is 13.0 Å². The van der Waals surface area contributed by atoms with Gasteiger partial charge in [-0.05, 0) is 30.0 Å². The van der Waals surface area contributed by atoms with Crippen LogP contribution in [-0.4, -0.2) is 22.8 Å². The molecule has 144 valence electrons. The number of fused-ring (bicyclic) bond motifs is 1. The van der Waals surface area contributed by atoms with Gasteiger partial charge in [-0.1, -0.05) is 66.7 Å². The molecule has 4 aromatic rings. The Kier molecular flexibility index (Phi) is 5.52. The normalized spacial score (nSPS) is 10.8. The molecule has 0 bridgehead atoms. The number of para-hydroxylation sites is 1. The van der Waals surface area contributed by atoms with Crippen LogP contribution in [0.4, 0.5) is 0 Å². The lowest BCUT2D eigenvalue weighted by atomic mass is 9.98. The molecule has 0 fully saturated rings. The standard InChI is InChI=1S/C25H22N2O2/c28-24(20-10-2-1-3-11-20)21-12-5-6-13-22(21)25(29)26-16-8-17-27-18-15-19-9-4-7-14-23(19)27/h1-7,9-15,18H,8,16-17H2,(H,26,29). The number of rotatable bonds is 7. The third-order valence-corrected chi connectivity index (χ3v) is 4.99. The third kappa shape index (κ3) is 4.11. The lowest BCUT2D eigenvalue weighted by Gasteiger charge is -2.10. The topological polar surface area (TPSA) is 51.1 Å². The predicted octanol–water partition coefficient (Wildman–Crippen LogP) is 4.69. The number of carbonyl (C=O) groups is 2. The summed E-state index contributed by atoms with van der Waals surface area (Å²) < 4.78 is 2.19. The smallest absolute Gasteiger partial charge is 0.252 e. The van der Waals surface area contributed by atoms with Crippen molar-refractivity contribution in [2.24, 2.45) is 0 Å². The molecule has 3 aromatic carbocycles. The van der Waals surface area contributed by atoms with Crippen LogP contribution in [0.5, 0.6) is 0 Å². The van der Waals surface area contributed by atoms with E-state index in [0.29, 0.717) is 23.2 Å². The highest BCUT2D eigenvalue weighted by atomic mass is 16.2. The number of aromatic nitrogens is 1. The van der Waals surface area contributed by atoms with Gasteiger partial charge in [0, 0.05) is 35.9 Å². The second-order valence-electron chi connectivity index (χ2n) is 6.92. The first-order valence-electron chi connectivity index (χ1n) is 9.75. The molecule has 1 N–H and O–H groups in total. The number of ketones is 1. The Morgan fingerprint density at radius 1 is 0.759 bits per heavy atom. The molecule has 0 unspecified atom stereocenters. The fourth-order valence-electron chi connectivity index (χ4n) is 3.51. The highest BCUT2D eigenvalue weighted by molar-refractivity contribution is 6.15. The van der Waals surface area contributed by atoms with Gasteiger partial charge in [-0.2, -0.15) is 0 Å². The summed E-state index contributed by atoms with van der Waals surface area (Å²) >= 11 is 0. The Morgan fingerprint density at radius 3 is 2.28 bits per heavy atom. The van der Waals surface area contributed by atoms with E-state index in [9.17, 15) is 9.59 Å². The predicted molar refractivity (Wildman–Crippen MR) is 115 cm³/mol. The average Bonchev–Trinajstić information content (AvgIpc) is 3.20. The van der Waals surface area contributed by atoms with Gasteiger partial charge in [-0.25, -0.2) is 0 Å². The molecule has 4 rings (SSSR count). The number of hydrogen-bond donors (Lipinski definition) is 1. The largest absolute Gasteiger partial charge is 0.352 e. The highest BCUT2D eigenvalue weighted by Crippen LogP contribution is 2.16. The lowest BCUT2D eigenvalue weighted by Crippen LogP contribution is -2.27. The van der Waals surface area contributed by atoms with Crippen molar-refractivity contribution >= 4 is 22.6 Å². The molecule has 0 saturated heterocycles. The minimum atomic E-state index is -0.220. The molecular formula is C25H22N2O2. The Balaban J connectivity index is 1.40. The number of hydrogen-bond acceptors (Lipinski definition) is 2. The minimum Gasteiger partial charge on any atom is -0.352 e.